The van der Waals surface area contributed by atoms with E-state index in [1.165, 1.54) is 36.1 Å². The zero-order valence-corrected chi connectivity index (χ0v) is 21.5. The average Bonchev–Trinajstić information content (AvgIpc) is 2.95. The highest BCUT2D eigenvalue weighted by molar-refractivity contribution is 5.78. The number of carbonyl (C=O) groups excluding carboxylic acids is 1. The number of ether oxygens (including phenoxy) is 1. The van der Waals surface area contributed by atoms with Crippen LogP contribution in [0.15, 0.2) is 78.9 Å². The molecular formula is C32H37FN2O2. The first-order valence-electron chi connectivity index (χ1n) is 13.6. The number of halogens is 1. The van der Waals surface area contributed by atoms with Gasteiger partial charge in [0, 0.05) is 25.6 Å². The molecule has 0 spiro atoms. The number of rotatable bonds is 8. The monoisotopic (exact) mass is 500 g/mol. The van der Waals surface area contributed by atoms with Gasteiger partial charge in [-0.3, -0.25) is 9.69 Å². The molecule has 0 saturated carbocycles. The van der Waals surface area contributed by atoms with E-state index in [0.29, 0.717) is 24.9 Å². The molecule has 0 aromatic heterocycles. The molecule has 37 heavy (non-hydrogen) atoms. The van der Waals surface area contributed by atoms with Crippen molar-refractivity contribution in [1.82, 2.24) is 9.80 Å². The predicted octanol–water partition coefficient (Wildman–Crippen LogP) is 6.07. The summed E-state index contributed by atoms with van der Waals surface area (Å²) < 4.78 is 19.3. The number of nitrogens with zero attached hydrogens (tertiary/aromatic N) is 2. The van der Waals surface area contributed by atoms with Gasteiger partial charge in [-0.05, 0) is 85.6 Å². The molecule has 3 aromatic carbocycles. The van der Waals surface area contributed by atoms with Crippen LogP contribution in [0.4, 0.5) is 4.39 Å². The summed E-state index contributed by atoms with van der Waals surface area (Å²) in [7, 11) is 0. The van der Waals surface area contributed by atoms with Crippen molar-refractivity contribution >= 4 is 5.91 Å². The summed E-state index contributed by atoms with van der Waals surface area (Å²) in [5.74, 6) is 1.73. The van der Waals surface area contributed by atoms with E-state index in [-0.39, 0.29) is 11.7 Å². The summed E-state index contributed by atoms with van der Waals surface area (Å²) in [6.07, 6.45) is 4.81. The summed E-state index contributed by atoms with van der Waals surface area (Å²) in [6, 6.07) is 25.6. The van der Waals surface area contributed by atoms with E-state index in [9.17, 15) is 9.18 Å². The van der Waals surface area contributed by atoms with Crippen LogP contribution >= 0.6 is 0 Å². The minimum absolute atomic E-state index is 0.105. The number of carbonyl (C=O) groups is 1. The van der Waals surface area contributed by atoms with Gasteiger partial charge < -0.3 is 9.64 Å². The summed E-state index contributed by atoms with van der Waals surface area (Å²) >= 11 is 0. The maximum Gasteiger partial charge on any atom is 0.227 e. The van der Waals surface area contributed by atoms with Gasteiger partial charge in [0.15, 0.2) is 0 Å². The molecule has 0 bridgehead atoms. The first kappa shape index (κ1) is 25.5. The SMILES string of the molecule is O=C(Cc1ccc(F)cc1)N1CCC[C@@H](COc2ccc(CN3CCC(c4ccccc4)CC3)cc2)C1. The molecule has 1 amide bonds. The van der Waals surface area contributed by atoms with Gasteiger partial charge in [0.1, 0.15) is 11.6 Å². The van der Waals surface area contributed by atoms with Gasteiger partial charge in [0.25, 0.3) is 0 Å². The largest absolute Gasteiger partial charge is 0.493 e. The van der Waals surface area contributed by atoms with E-state index >= 15 is 0 Å². The molecule has 0 unspecified atom stereocenters. The molecule has 2 aliphatic rings. The Kier molecular flexibility index (Phi) is 8.52. The van der Waals surface area contributed by atoms with Crippen molar-refractivity contribution in [3.63, 3.8) is 0 Å². The molecule has 3 aromatic rings. The Morgan fingerprint density at radius 3 is 2.27 bits per heavy atom. The van der Waals surface area contributed by atoms with Gasteiger partial charge in [-0.15, -0.1) is 0 Å². The summed E-state index contributed by atoms with van der Waals surface area (Å²) in [6.45, 7) is 5.37. The Morgan fingerprint density at radius 1 is 0.838 bits per heavy atom. The molecule has 5 rings (SSSR count). The lowest BCUT2D eigenvalue weighted by molar-refractivity contribution is -0.132. The Labute approximate surface area is 220 Å². The third kappa shape index (κ3) is 7.20. The van der Waals surface area contributed by atoms with Crippen LogP contribution in [0.3, 0.4) is 0 Å². The lowest BCUT2D eigenvalue weighted by atomic mass is 9.89. The molecule has 2 fully saturated rings. The van der Waals surface area contributed by atoms with Crippen molar-refractivity contribution in [2.24, 2.45) is 5.92 Å². The van der Waals surface area contributed by atoms with Crippen molar-refractivity contribution in [3.05, 3.63) is 101 Å². The van der Waals surface area contributed by atoms with Crippen LogP contribution in [0.2, 0.25) is 0 Å². The second-order valence-electron chi connectivity index (χ2n) is 10.6. The van der Waals surface area contributed by atoms with Gasteiger partial charge >= 0.3 is 0 Å². The zero-order valence-electron chi connectivity index (χ0n) is 21.5. The fraction of sp³-hybridized carbons (Fsp3) is 0.406. The van der Waals surface area contributed by atoms with Gasteiger partial charge in [0.05, 0.1) is 13.0 Å². The quantitative estimate of drug-likeness (QED) is 0.377. The summed E-state index contributed by atoms with van der Waals surface area (Å²) in [5, 5.41) is 0. The molecule has 194 valence electrons. The molecule has 4 nitrogen and oxygen atoms in total. The lowest BCUT2D eigenvalue weighted by Crippen LogP contribution is -2.42. The molecule has 1 atom stereocenters. The minimum atomic E-state index is -0.275. The van der Waals surface area contributed by atoms with Crippen LogP contribution in [0.1, 0.15) is 48.3 Å². The number of piperidine rings is 2. The third-order valence-electron chi connectivity index (χ3n) is 7.81. The topological polar surface area (TPSA) is 32.8 Å². The molecule has 2 saturated heterocycles. The molecule has 0 aliphatic carbocycles. The summed E-state index contributed by atoms with van der Waals surface area (Å²) in [4.78, 5) is 17.2. The maximum absolute atomic E-state index is 13.1. The highest BCUT2D eigenvalue weighted by Crippen LogP contribution is 2.28. The molecule has 2 aliphatic heterocycles. The Morgan fingerprint density at radius 2 is 1.54 bits per heavy atom. The van der Waals surface area contributed by atoms with Gasteiger partial charge in [0.2, 0.25) is 5.91 Å². The number of benzene rings is 3. The van der Waals surface area contributed by atoms with E-state index in [0.717, 1.165) is 56.9 Å². The zero-order chi connectivity index (χ0) is 25.5. The number of likely N-dealkylation sites (tertiary alicyclic amines) is 2. The highest BCUT2D eigenvalue weighted by atomic mass is 19.1. The molecule has 2 heterocycles. The summed E-state index contributed by atoms with van der Waals surface area (Å²) in [5.41, 5.74) is 3.65. The van der Waals surface area contributed by atoms with Crippen LogP contribution in [-0.4, -0.2) is 48.5 Å². The minimum Gasteiger partial charge on any atom is -0.493 e. The van der Waals surface area contributed by atoms with E-state index in [2.05, 4.69) is 59.5 Å². The fourth-order valence-corrected chi connectivity index (χ4v) is 5.63. The first-order chi connectivity index (χ1) is 18.1. The first-order valence-corrected chi connectivity index (χ1v) is 13.6. The van der Waals surface area contributed by atoms with Gasteiger partial charge in [-0.25, -0.2) is 4.39 Å². The standard InChI is InChI=1S/C32H37FN2O2/c33-30-12-8-25(9-13-30)21-32(36)35-18-4-5-27(23-35)24-37-31-14-10-26(11-15-31)22-34-19-16-29(17-20-34)28-6-2-1-3-7-28/h1-3,6-15,27,29H,4-5,16-24H2/t27-/m1/s1. The molecule has 5 heteroatoms. The van der Waals surface area contributed by atoms with Crippen LogP contribution in [0.5, 0.6) is 5.75 Å². The van der Waals surface area contributed by atoms with Crippen molar-refractivity contribution < 1.29 is 13.9 Å². The number of hydrogen-bond acceptors (Lipinski definition) is 3. The second-order valence-corrected chi connectivity index (χ2v) is 10.6. The molecule has 0 N–H and O–H groups in total. The molecular weight excluding hydrogens is 463 g/mol. The van der Waals surface area contributed by atoms with Crippen molar-refractivity contribution in [1.29, 1.82) is 0 Å². The van der Waals surface area contributed by atoms with Crippen molar-refractivity contribution in [3.8, 4) is 5.75 Å². The Hall–Kier alpha value is -3.18. The Bertz CT molecular complexity index is 1130. The van der Waals surface area contributed by atoms with Crippen molar-refractivity contribution in [2.75, 3.05) is 32.8 Å². The van der Waals surface area contributed by atoms with Crippen LogP contribution < -0.4 is 4.74 Å². The smallest absolute Gasteiger partial charge is 0.227 e. The highest BCUT2D eigenvalue weighted by Gasteiger charge is 2.24. The van der Waals surface area contributed by atoms with Gasteiger partial charge in [-0.1, -0.05) is 54.6 Å². The van der Waals surface area contributed by atoms with Crippen LogP contribution in [-0.2, 0) is 17.8 Å². The van der Waals surface area contributed by atoms with Crippen LogP contribution in [0, 0.1) is 11.7 Å². The van der Waals surface area contributed by atoms with Crippen LogP contribution in [0.25, 0.3) is 0 Å². The normalized spacial score (nSPS) is 19.1. The van der Waals surface area contributed by atoms with E-state index in [1.54, 1.807) is 12.1 Å². The van der Waals surface area contributed by atoms with E-state index in [1.807, 2.05) is 4.90 Å². The number of amides is 1. The second kappa shape index (κ2) is 12.4. The predicted molar refractivity (Wildman–Crippen MR) is 145 cm³/mol. The third-order valence-corrected chi connectivity index (χ3v) is 7.81. The van der Waals surface area contributed by atoms with Crippen molar-refractivity contribution in [2.45, 2.75) is 44.6 Å². The average molecular weight is 501 g/mol. The lowest BCUT2D eigenvalue weighted by Gasteiger charge is -2.33. The molecule has 0 radical (unpaired) electrons. The maximum atomic E-state index is 13.1. The fourth-order valence-electron chi connectivity index (χ4n) is 5.63. The van der Waals surface area contributed by atoms with E-state index < -0.39 is 0 Å². The Balaban J connectivity index is 1.04. The van der Waals surface area contributed by atoms with Gasteiger partial charge in [-0.2, -0.15) is 0 Å². The number of hydrogen-bond donors (Lipinski definition) is 0. The van der Waals surface area contributed by atoms with E-state index in [4.69, 9.17) is 4.74 Å².